The minimum atomic E-state index is -5.66. The Morgan fingerprint density at radius 1 is 0.730 bits per heavy atom. The first kappa shape index (κ1) is 29.0. The summed E-state index contributed by atoms with van der Waals surface area (Å²) in [4.78, 5) is 3.12. The lowest BCUT2D eigenvalue weighted by molar-refractivity contribution is -0.0108. The van der Waals surface area contributed by atoms with Crippen LogP contribution >= 0.6 is 0 Å². The fraction of sp³-hybridized carbons (Fsp3) is 0.345. The zero-order chi connectivity index (χ0) is 27.8. The summed E-state index contributed by atoms with van der Waals surface area (Å²) < 4.78 is 63.6. The van der Waals surface area contributed by atoms with Crippen LogP contribution in [0.5, 0.6) is 5.75 Å². The van der Waals surface area contributed by atoms with Crippen LogP contribution in [0.15, 0.2) is 87.5 Å². The van der Waals surface area contributed by atoms with E-state index < -0.39 is 32.4 Å². The van der Waals surface area contributed by atoms with Gasteiger partial charge in [-0.3, -0.25) is 4.55 Å². The monoisotopic (exact) mass is 548 g/mol. The van der Waals surface area contributed by atoms with Crippen LogP contribution in [0.25, 0.3) is 0 Å². The normalized spacial score (nSPS) is 14.0. The molecule has 0 spiro atoms. The zero-order valence-electron chi connectivity index (χ0n) is 22.0. The second-order valence-corrected chi connectivity index (χ2v) is 14.5. The maximum atomic E-state index is 13.9. The van der Waals surface area contributed by atoms with Crippen molar-refractivity contribution in [3.63, 3.8) is 0 Å². The van der Waals surface area contributed by atoms with Crippen molar-refractivity contribution in [1.29, 1.82) is 0 Å². The summed E-state index contributed by atoms with van der Waals surface area (Å²) in [5.41, 5.74) is 2.46. The van der Waals surface area contributed by atoms with Crippen molar-refractivity contribution in [2.24, 2.45) is 0 Å². The van der Waals surface area contributed by atoms with Gasteiger partial charge in [0.2, 0.25) is 0 Å². The predicted molar refractivity (Wildman–Crippen MR) is 145 cm³/mol. The van der Waals surface area contributed by atoms with Crippen LogP contribution in [0.3, 0.4) is 0 Å². The van der Waals surface area contributed by atoms with E-state index in [0.717, 1.165) is 14.7 Å². The Morgan fingerprint density at radius 3 is 1.35 bits per heavy atom. The molecule has 4 nitrogen and oxygen atoms in total. The van der Waals surface area contributed by atoms with Crippen molar-refractivity contribution >= 4 is 21.0 Å². The summed E-state index contributed by atoms with van der Waals surface area (Å²) >= 11 is 0. The van der Waals surface area contributed by atoms with E-state index in [-0.39, 0.29) is 16.6 Å². The van der Waals surface area contributed by atoms with Crippen molar-refractivity contribution in [2.45, 2.75) is 78.4 Å². The maximum absolute atomic E-state index is 13.9. The fourth-order valence-electron chi connectivity index (χ4n) is 3.64. The summed E-state index contributed by atoms with van der Waals surface area (Å²) in [7, 11) is -6.16. The predicted octanol–water partition coefficient (Wildman–Crippen LogP) is 7.44. The molecule has 0 aliphatic rings. The summed E-state index contributed by atoms with van der Waals surface area (Å²) in [5, 5.41) is -4.54. The third-order valence-electron chi connectivity index (χ3n) is 5.97. The van der Waals surface area contributed by atoms with Crippen LogP contribution in [-0.4, -0.2) is 24.3 Å². The molecule has 3 aromatic carbocycles. The summed E-state index contributed by atoms with van der Waals surface area (Å²) in [6.07, 6.45) is -2.32. The van der Waals surface area contributed by atoms with Crippen molar-refractivity contribution in [1.82, 2.24) is 0 Å². The first-order valence-electron chi connectivity index (χ1n) is 11.8. The molecule has 198 valence electrons. The van der Waals surface area contributed by atoms with Crippen LogP contribution in [0.1, 0.15) is 52.7 Å². The highest BCUT2D eigenvalue weighted by Gasteiger charge is 2.56. The Hall–Kier alpha value is -2.55. The molecular formula is C29H34F2O4S2+2. The Kier molecular flexibility index (Phi) is 8.08. The molecule has 3 rings (SSSR count). The quantitative estimate of drug-likeness (QED) is 0.189. The van der Waals surface area contributed by atoms with Gasteiger partial charge in [0.1, 0.15) is 12.7 Å². The number of rotatable bonds is 7. The number of hydrogen-bond donors (Lipinski definition) is 1. The molecule has 0 aliphatic heterocycles. The van der Waals surface area contributed by atoms with Gasteiger partial charge in [-0.2, -0.15) is 17.2 Å². The Bertz CT molecular complexity index is 1250. The van der Waals surface area contributed by atoms with E-state index in [1.807, 2.05) is 0 Å². The molecule has 37 heavy (non-hydrogen) atoms. The van der Waals surface area contributed by atoms with E-state index in [1.165, 1.54) is 23.3 Å². The number of benzene rings is 3. The largest absolute Gasteiger partial charge is 0.448 e. The van der Waals surface area contributed by atoms with E-state index in [4.69, 9.17) is 9.29 Å². The molecule has 0 fully saturated rings. The SMILES string of the molecule is [CH2+]C(Oc1ccc([S+](c2ccc(C(C)(C)C)cc2)c2ccc(C(C)(C)C)cc2)cc1)C(F)(F)S(=O)(=O)O. The minimum absolute atomic E-state index is 0.0132. The number of alkyl halides is 2. The number of ether oxygens (including phenoxy) is 1. The summed E-state index contributed by atoms with van der Waals surface area (Å²) in [6.45, 7) is 16.0. The van der Waals surface area contributed by atoms with E-state index in [0.29, 0.717) is 0 Å². The third-order valence-corrected chi connectivity index (χ3v) is 9.15. The Labute approximate surface area is 222 Å². The third kappa shape index (κ3) is 6.67. The molecule has 0 heterocycles. The average Bonchev–Trinajstić information content (AvgIpc) is 2.79. The topological polar surface area (TPSA) is 63.6 Å². The van der Waals surface area contributed by atoms with Crippen molar-refractivity contribution < 1.29 is 26.5 Å². The van der Waals surface area contributed by atoms with E-state index in [1.54, 1.807) is 12.1 Å². The molecular weight excluding hydrogens is 514 g/mol. The molecule has 1 N–H and O–H groups in total. The first-order valence-corrected chi connectivity index (χ1v) is 14.5. The van der Waals surface area contributed by atoms with Gasteiger partial charge in [-0.25, -0.2) is 0 Å². The van der Waals surface area contributed by atoms with E-state index in [2.05, 4.69) is 97.0 Å². The fourth-order valence-corrected chi connectivity index (χ4v) is 6.07. The lowest BCUT2D eigenvalue weighted by Gasteiger charge is -2.20. The van der Waals surface area contributed by atoms with Gasteiger partial charge in [-0.05, 0) is 70.5 Å². The van der Waals surface area contributed by atoms with Crippen LogP contribution in [0.4, 0.5) is 8.78 Å². The van der Waals surface area contributed by atoms with E-state index >= 15 is 0 Å². The lowest BCUT2D eigenvalue weighted by Crippen LogP contribution is -2.42. The molecule has 0 saturated carbocycles. The summed E-state index contributed by atoms with van der Waals surface area (Å²) in [5.74, 6) is 0.0155. The molecule has 0 bridgehead atoms. The van der Waals surface area contributed by atoms with Crippen molar-refractivity contribution in [2.75, 3.05) is 0 Å². The van der Waals surface area contributed by atoms with Crippen LogP contribution < -0.4 is 4.74 Å². The molecule has 0 radical (unpaired) electrons. The molecule has 1 atom stereocenters. The van der Waals surface area contributed by atoms with Gasteiger partial charge >= 0.3 is 21.5 Å². The first-order chi connectivity index (χ1) is 16.9. The van der Waals surface area contributed by atoms with Gasteiger partial charge in [0.05, 0.1) is 10.9 Å². The van der Waals surface area contributed by atoms with Gasteiger partial charge in [0.15, 0.2) is 14.7 Å². The van der Waals surface area contributed by atoms with Crippen LogP contribution in [0, 0.1) is 6.92 Å². The highest BCUT2D eigenvalue weighted by atomic mass is 32.2. The molecule has 3 aromatic rings. The number of halogens is 2. The van der Waals surface area contributed by atoms with E-state index in [9.17, 15) is 17.2 Å². The van der Waals surface area contributed by atoms with Crippen molar-refractivity contribution in [3.8, 4) is 5.75 Å². The highest BCUT2D eigenvalue weighted by Crippen LogP contribution is 2.36. The smallest absolute Gasteiger partial charge is 0.444 e. The molecule has 0 saturated heterocycles. The Balaban J connectivity index is 1.99. The van der Waals surface area contributed by atoms with Crippen molar-refractivity contribution in [3.05, 3.63) is 90.8 Å². The van der Waals surface area contributed by atoms with Crippen LogP contribution in [0.2, 0.25) is 0 Å². The van der Waals surface area contributed by atoms with Gasteiger partial charge in [0, 0.05) is 0 Å². The minimum Gasteiger partial charge on any atom is -0.444 e. The lowest BCUT2D eigenvalue weighted by atomic mass is 9.87. The molecule has 0 amide bonds. The number of hydrogen-bond acceptors (Lipinski definition) is 3. The highest BCUT2D eigenvalue weighted by molar-refractivity contribution is 7.97. The summed E-state index contributed by atoms with van der Waals surface area (Å²) in [6, 6.07) is 23.5. The molecule has 8 heteroatoms. The Morgan fingerprint density at radius 2 is 1.05 bits per heavy atom. The molecule has 1 unspecified atom stereocenters. The van der Waals surface area contributed by atoms with Gasteiger partial charge in [-0.15, -0.1) is 0 Å². The van der Waals surface area contributed by atoms with Crippen LogP contribution in [-0.2, 0) is 31.8 Å². The molecule has 0 aliphatic carbocycles. The standard InChI is InChI=1S/C29H33F2O4S2/c1-20(29(30,31)37(32,33)34)35-23-12-18-26(19-13-23)36(24-14-8-21(9-15-24)27(2,3)4)25-16-10-22(11-17-25)28(5,6)7/h8-20H,1H2,2-7H3/q+1/p+1. The van der Waals surface area contributed by atoms with Gasteiger partial charge in [0.25, 0.3) is 0 Å². The zero-order valence-corrected chi connectivity index (χ0v) is 23.6. The average molecular weight is 549 g/mol. The second kappa shape index (κ2) is 10.3. The molecule has 0 aromatic heterocycles. The van der Waals surface area contributed by atoms with Gasteiger partial charge in [-0.1, -0.05) is 65.8 Å². The second-order valence-electron chi connectivity index (χ2n) is 11.0. The maximum Gasteiger partial charge on any atom is 0.448 e. The van der Waals surface area contributed by atoms with Gasteiger partial charge < -0.3 is 4.74 Å².